The number of rotatable bonds is 2. The molecule has 3 aromatic carbocycles. The molecule has 1 N–H and O–H groups in total. The Morgan fingerprint density at radius 2 is 1.81 bits per heavy atom. The van der Waals surface area contributed by atoms with Gasteiger partial charge in [0.2, 0.25) is 5.95 Å². The highest BCUT2D eigenvalue weighted by Crippen LogP contribution is 2.50. The maximum atomic E-state index is 14.2. The van der Waals surface area contributed by atoms with Crippen molar-refractivity contribution in [3.05, 3.63) is 113 Å². The van der Waals surface area contributed by atoms with Gasteiger partial charge in [-0.25, -0.2) is 9.07 Å². The van der Waals surface area contributed by atoms with Crippen molar-refractivity contribution in [2.24, 2.45) is 0 Å². The minimum atomic E-state index is -0.476. The Hall–Kier alpha value is -3.93. The van der Waals surface area contributed by atoms with Gasteiger partial charge in [-0.1, -0.05) is 54.1 Å². The number of anilines is 1. The predicted octanol–water partition coefficient (Wildman–Crippen LogP) is 5.29. The van der Waals surface area contributed by atoms with Gasteiger partial charge in [0.1, 0.15) is 30.0 Å². The lowest BCUT2D eigenvalue weighted by Crippen LogP contribution is -2.32. The van der Waals surface area contributed by atoms with E-state index in [1.165, 1.54) is 12.1 Å². The Bertz CT molecular complexity index is 1330. The molecule has 0 spiro atoms. The van der Waals surface area contributed by atoms with Gasteiger partial charge >= 0.3 is 0 Å². The minimum Gasteiger partial charge on any atom is -0.480 e. The first kappa shape index (κ1) is 17.9. The minimum absolute atomic E-state index is 0.239. The van der Waals surface area contributed by atoms with Gasteiger partial charge in [-0.05, 0) is 42.3 Å². The van der Waals surface area contributed by atoms with Gasteiger partial charge < -0.3 is 10.1 Å². The number of benzene rings is 3. The van der Waals surface area contributed by atoms with Crippen molar-refractivity contribution in [1.29, 1.82) is 0 Å². The zero-order valence-electron chi connectivity index (χ0n) is 16.8. The number of fused-ring (bicyclic) bond motifs is 3. The zero-order chi connectivity index (χ0) is 20.9. The van der Waals surface area contributed by atoms with Crippen LogP contribution in [0.1, 0.15) is 34.4 Å². The molecule has 0 aliphatic carbocycles. The first-order valence-electron chi connectivity index (χ1n) is 10.2. The van der Waals surface area contributed by atoms with Gasteiger partial charge in [0.25, 0.3) is 0 Å². The molecule has 3 heterocycles. The molecule has 0 saturated carbocycles. The molecule has 31 heavy (non-hydrogen) atoms. The second-order valence-corrected chi connectivity index (χ2v) is 7.85. The fourth-order valence-corrected chi connectivity index (χ4v) is 4.48. The second kappa shape index (κ2) is 6.80. The summed E-state index contributed by atoms with van der Waals surface area (Å²) in [4.78, 5) is 4.44. The smallest absolute Gasteiger partial charge is 0.226 e. The van der Waals surface area contributed by atoms with Gasteiger partial charge in [0, 0.05) is 11.1 Å². The number of halogens is 1. The van der Waals surface area contributed by atoms with Crippen LogP contribution in [0.15, 0.2) is 84.7 Å². The Morgan fingerprint density at radius 1 is 0.968 bits per heavy atom. The average Bonchev–Trinajstić information content (AvgIpc) is 3.26. The topological polar surface area (TPSA) is 52.0 Å². The van der Waals surface area contributed by atoms with E-state index in [0.29, 0.717) is 5.95 Å². The summed E-state index contributed by atoms with van der Waals surface area (Å²) in [6, 6.07) is 22.6. The number of hydrogen-bond acceptors (Lipinski definition) is 4. The molecule has 5 nitrogen and oxygen atoms in total. The largest absolute Gasteiger partial charge is 0.480 e. The molecule has 0 radical (unpaired) electrons. The summed E-state index contributed by atoms with van der Waals surface area (Å²) in [6.45, 7) is 2.05. The van der Waals surface area contributed by atoms with Crippen LogP contribution in [-0.2, 0) is 0 Å². The molecule has 0 bridgehead atoms. The van der Waals surface area contributed by atoms with Crippen molar-refractivity contribution < 1.29 is 9.13 Å². The summed E-state index contributed by atoms with van der Waals surface area (Å²) in [6.07, 6.45) is 1.07. The predicted molar refractivity (Wildman–Crippen MR) is 116 cm³/mol. The monoisotopic (exact) mass is 410 g/mol. The molecule has 4 aromatic rings. The SMILES string of the molecule is Cc1ccc2c(c1)C1=C([C@H](c3cccc(F)c3)O2)[C@H](c2ccccc2)n2ncnc2N1. The van der Waals surface area contributed by atoms with E-state index in [9.17, 15) is 4.39 Å². The molecule has 0 fully saturated rings. The zero-order valence-corrected chi connectivity index (χ0v) is 16.8. The standard InChI is InChI=1S/C25H19FN4O/c1-15-10-11-20-19(12-15)22-21(24(31-20)17-8-5-9-18(26)13-17)23(16-6-3-2-4-7-16)30-25(29-22)27-14-28-30/h2-14,23-24H,1H3,(H,27,28,29)/t23-,24-/m0/s1. The number of aromatic nitrogens is 3. The number of aryl methyl sites for hydroxylation is 1. The van der Waals surface area contributed by atoms with Gasteiger partial charge in [-0.3, -0.25) is 0 Å². The molecule has 2 atom stereocenters. The molecule has 0 saturated heterocycles. The molecule has 152 valence electrons. The van der Waals surface area contributed by atoms with Crippen LogP contribution in [0.25, 0.3) is 5.70 Å². The lowest BCUT2D eigenvalue weighted by Gasteiger charge is -2.39. The second-order valence-electron chi connectivity index (χ2n) is 7.85. The van der Waals surface area contributed by atoms with E-state index in [2.05, 4.69) is 40.5 Å². The molecule has 0 unspecified atom stereocenters. The quantitative estimate of drug-likeness (QED) is 0.488. The van der Waals surface area contributed by atoms with Gasteiger partial charge in [-0.15, -0.1) is 0 Å². The third kappa shape index (κ3) is 2.83. The van der Waals surface area contributed by atoms with E-state index in [1.54, 1.807) is 12.4 Å². The van der Waals surface area contributed by atoms with Gasteiger partial charge in [0.05, 0.1) is 5.70 Å². The summed E-state index contributed by atoms with van der Waals surface area (Å²) in [7, 11) is 0. The van der Waals surface area contributed by atoms with E-state index >= 15 is 0 Å². The normalized spacial score (nSPS) is 19.0. The summed E-state index contributed by atoms with van der Waals surface area (Å²) in [5, 5.41) is 7.98. The van der Waals surface area contributed by atoms with E-state index in [1.807, 2.05) is 41.1 Å². The highest BCUT2D eigenvalue weighted by atomic mass is 19.1. The molecule has 0 amide bonds. The van der Waals surface area contributed by atoms with Crippen LogP contribution in [-0.4, -0.2) is 14.8 Å². The molecule has 2 aliphatic rings. The van der Waals surface area contributed by atoms with E-state index in [-0.39, 0.29) is 11.9 Å². The molecule has 6 heteroatoms. The highest BCUT2D eigenvalue weighted by molar-refractivity contribution is 5.85. The summed E-state index contributed by atoms with van der Waals surface area (Å²) >= 11 is 0. The number of hydrogen-bond donors (Lipinski definition) is 1. The fraction of sp³-hybridized carbons (Fsp3) is 0.120. The van der Waals surface area contributed by atoms with Crippen molar-refractivity contribution in [2.45, 2.75) is 19.1 Å². The molecule has 6 rings (SSSR count). The average molecular weight is 410 g/mol. The number of nitrogens with zero attached hydrogens (tertiary/aromatic N) is 3. The molecule has 2 aliphatic heterocycles. The third-order valence-electron chi connectivity index (χ3n) is 5.84. The van der Waals surface area contributed by atoms with Crippen molar-refractivity contribution in [3.63, 3.8) is 0 Å². The number of ether oxygens (including phenoxy) is 1. The van der Waals surface area contributed by atoms with Crippen LogP contribution in [0, 0.1) is 12.7 Å². The first-order chi connectivity index (χ1) is 15.2. The molecular weight excluding hydrogens is 391 g/mol. The van der Waals surface area contributed by atoms with Crippen LogP contribution in [0.5, 0.6) is 5.75 Å². The van der Waals surface area contributed by atoms with Crippen LogP contribution in [0.4, 0.5) is 10.3 Å². The van der Waals surface area contributed by atoms with E-state index in [0.717, 1.165) is 39.3 Å². The molecular formula is C25H19FN4O. The lowest BCUT2D eigenvalue weighted by molar-refractivity contribution is 0.222. The van der Waals surface area contributed by atoms with Crippen LogP contribution in [0.3, 0.4) is 0 Å². The van der Waals surface area contributed by atoms with Crippen molar-refractivity contribution >= 4 is 11.6 Å². The fourth-order valence-electron chi connectivity index (χ4n) is 4.48. The van der Waals surface area contributed by atoms with Crippen LogP contribution < -0.4 is 10.1 Å². The highest BCUT2D eigenvalue weighted by Gasteiger charge is 2.40. The Balaban J connectivity index is 1.65. The Labute approximate surface area is 178 Å². The summed E-state index contributed by atoms with van der Waals surface area (Å²) < 4.78 is 22.6. The van der Waals surface area contributed by atoms with Crippen molar-refractivity contribution in [3.8, 4) is 5.75 Å². The maximum Gasteiger partial charge on any atom is 0.226 e. The first-order valence-corrected chi connectivity index (χ1v) is 10.2. The lowest BCUT2D eigenvalue weighted by atomic mass is 9.84. The van der Waals surface area contributed by atoms with Crippen LogP contribution >= 0.6 is 0 Å². The third-order valence-corrected chi connectivity index (χ3v) is 5.84. The Kier molecular flexibility index (Phi) is 3.93. The van der Waals surface area contributed by atoms with E-state index < -0.39 is 6.10 Å². The summed E-state index contributed by atoms with van der Waals surface area (Å²) in [5.41, 5.74) is 5.83. The molecule has 1 aromatic heterocycles. The number of nitrogens with one attached hydrogen (secondary N) is 1. The Morgan fingerprint density at radius 3 is 2.65 bits per heavy atom. The van der Waals surface area contributed by atoms with Crippen molar-refractivity contribution in [1.82, 2.24) is 14.8 Å². The van der Waals surface area contributed by atoms with E-state index in [4.69, 9.17) is 4.74 Å². The maximum absolute atomic E-state index is 14.2. The van der Waals surface area contributed by atoms with Gasteiger partial charge in [0.15, 0.2) is 0 Å². The summed E-state index contributed by atoms with van der Waals surface area (Å²) in [5.74, 6) is 1.13. The van der Waals surface area contributed by atoms with Crippen molar-refractivity contribution in [2.75, 3.05) is 5.32 Å². The van der Waals surface area contributed by atoms with Crippen LogP contribution in [0.2, 0.25) is 0 Å². The van der Waals surface area contributed by atoms with Gasteiger partial charge in [-0.2, -0.15) is 10.1 Å².